The molecule has 11 heteroatoms. The van der Waals surface area contributed by atoms with Crippen LogP contribution in [0.5, 0.6) is 0 Å². The van der Waals surface area contributed by atoms with Gasteiger partial charge in [-0.05, 0) is 36.4 Å². The highest BCUT2D eigenvalue weighted by molar-refractivity contribution is 7.89. The zero-order valence-corrected chi connectivity index (χ0v) is 16.8. The number of imide groups is 1. The smallest absolute Gasteiger partial charge is 0.328 e. The van der Waals surface area contributed by atoms with Gasteiger partial charge in [0.15, 0.2) is 0 Å². The Hall–Kier alpha value is -3.57. The molecular weight excluding hydrogens is 414 g/mol. The van der Waals surface area contributed by atoms with Crippen molar-refractivity contribution in [2.24, 2.45) is 0 Å². The molecule has 1 N–H and O–H groups in total. The number of benzene rings is 2. The van der Waals surface area contributed by atoms with Crippen molar-refractivity contribution in [2.45, 2.75) is 11.8 Å². The van der Waals surface area contributed by atoms with Crippen LogP contribution in [0.4, 0.5) is 5.69 Å². The molecule has 2 aromatic carbocycles. The molecule has 1 heterocycles. The molecule has 3 rings (SSSR count). The van der Waals surface area contributed by atoms with Gasteiger partial charge >= 0.3 is 5.97 Å². The van der Waals surface area contributed by atoms with Gasteiger partial charge in [-0.3, -0.25) is 14.4 Å². The van der Waals surface area contributed by atoms with E-state index < -0.39 is 34.4 Å². The third-order valence-electron chi connectivity index (χ3n) is 4.18. The fourth-order valence-corrected chi connectivity index (χ4v) is 3.86. The number of hydrogen-bond acceptors (Lipinski definition) is 7. The number of sulfonamides is 1. The molecule has 0 saturated carbocycles. The number of hydrogen-bond donors (Lipinski definition) is 1. The summed E-state index contributed by atoms with van der Waals surface area (Å²) in [7, 11) is -2.91. The molecule has 10 nitrogen and oxygen atoms in total. The van der Waals surface area contributed by atoms with Crippen molar-refractivity contribution in [3.05, 3.63) is 59.7 Å². The van der Waals surface area contributed by atoms with Crippen LogP contribution >= 0.6 is 0 Å². The Balaban J connectivity index is 1.67. The van der Waals surface area contributed by atoms with Crippen LogP contribution in [0.1, 0.15) is 27.6 Å². The first-order valence-corrected chi connectivity index (χ1v) is 10.1. The summed E-state index contributed by atoms with van der Waals surface area (Å²) in [5, 5.41) is 2.83. The van der Waals surface area contributed by atoms with E-state index in [-0.39, 0.29) is 21.9 Å². The summed E-state index contributed by atoms with van der Waals surface area (Å²) in [4.78, 5) is 52.4. The van der Waals surface area contributed by atoms with E-state index in [1.54, 1.807) is 12.1 Å². The number of amides is 3. The van der Waals surface area contributed by atoms with Crippen molar-refractivity contribution in [1.82, 2.24) is 9.37 Å². The molecule has 0 aromatic heterocycles. The summed E-state index contributed by atoms with van der Waals surface area (Å²) < 4.78 is 26.0. The number of anilines is 1. The minimum Gasteiger partial charge on any atom is -0.328 e. The Bertz CT molecular complexity index is 1110. The summed E-state index contributed by atoms with van der Waals surface area (Å²) in [6.45, 7) is 0.585. The molecule has 1 aliphatic rings. The molecular formula is C19H17N3O7S. The number of nitrogens with zero attached hydrogens (tertiary/aromatic N) is 2. The van der Waals surface area contributed by atoms with E-state index in [9.17, 15) is 27.6 Å². The lowest BCUT2D eigenvalue weighted by Crippen LogP contribution is -2.38. The van der Waals surface area contributed by atoms with E-state index in [2.05, 4.69) is 5.32 Å². The SMILES string of the molecule is CC(=O)Nc1ccc(S(=O)(=O)N(C)CC(=O)ON2C(=O)c3ccccc3C2=O)cc1. The van der Waals surface area contributed by atoms with Crippen molar-refractivity contribution in [3.63, 3.8) is 0 Å². The Labute approximate surface area is 172 Å². The maximum Gasteiger partial charge on any atom is 0.348 e. The molecule has 3 amide bonds. The monoisotopic (exact) mass is 431 g/mol. The lowest BCUT2D eigenvalue weighted by Gasteiger charge is -2.18. The molecule has 2 aromatic rings. The van der Waals surface area contributed by atoms with Crippen LogP contribution in [0.15, 0.2) is 53.4 Å². The number of rotatable bonds is 6. The molecule has 0 saturated heterocycles. The Morgan fingerprint density at radius 2 is 1.53 bits per heavy atom. The minimum atomic E-state index is -4.06. The Morgan fingerprint density at radius 1 is 1.00 bits per heavy atom. The summed E-state index contributed by atoms with van der Waals surface area (Å²) in [5.41, 5.74) is 0.597. The van der Waals surface area contributed by atoms with Crippen molar-refractivity contribution < 1.29 is 32.4 Å². The molecule has 0 aliphatic carbocycles. The zero-order valence-electron chi connectivity index (χ0n) is 16.0. The van der Waals surface area contributed by atoms with Crippen molar-refractivity contribution in [2.75, 3.05) is 18.9 Å². The predicted octanol–water partition coefficient (Wildman–Crippen LogP) is 1.02. The molecule has 0 bridgehead atoms. The topological polar surface area (TPSA) is 130 Å². The summed E-state index contributed by atoms with van der Waals surface area (Å²) in [6.07, 6.45) is 0. The van der Waals surface area contributed by atoms with Crippen LogP contribution in [0.2, 0.25) is 0 Å². The van der Waals surface area contributed by atoms with Crippen LogP contribution in [-0.4, -0.2) is 55.1 Å². The van der Waals surface area contributed by atoms with Gasteiger partial charge in [0.05, 0.1) is 16.0 Å². The zero-order chi connectivity index (χ0) is 22.1. The molecule has 156 valence electrons. The van der Waals surface area contributed by atoms with E-state index in [1.165, 1.54) is 43.3 Å². The van der Waals surface area contributed by atoms with Crippen LogP contribution in [0.25, 0.3) is 0 Å². The highest BCUT2D eigenvalue weighted by atomic mass is 32.2. The number of hydroxylamine groups is 2. The van der Waals surface area contributed by atoms with Gasteiger partial charge in [0, 0.05) is 19.7 Å². The van der Waals surface area contributed by atoms with Crippen LogP contribution < -0.4 is 5.32 Å². The van der Waals surface area contributed by atoms with Crippen molar-refractivity contribution in [1.29, 1.82) is 0 Å². The molecule has 1 aliphatic heterocycles. The van der Waals surface area contributed by atoms with Gasteiger partial charge in [-0.1, -0.05) is 17.2 Å². The standard InChI is InChI=1S/C19H17N3O7S/c1-12(23)20-13-7-9-14(10-8-13)30(27,28)21(2)11-17(24)29-22-18(25)15-5-3-4-6-16(15)19(22)26/h3-10H,11H2,1-2H3,(H,20,23). The molecule has 30 heavy (non-hydrogen) atoms. The quantitative estimate of drug-likeness (QED) is 0.676. The van der Waals surface area contributed by atoms with Crippen LogP contribution in [0, 0.1) is 0 Å². The van der Waals surface area contributed by atoms with Gasteiger partial charge in [-0.2, -0.15) is 4.31 Å². The minimum absolute atomic E-state index is 0.0931. The fraction of sp³-hybridized carbons (Fsp3) is 0.158. The number of carbonyl (C=O) groups is 4. The highest BCUT2D eigenvalue weighted by Gasteiger charge is 2.39. The molecule has 0 atom stereocenters. The van der Waals surface area contributed by atoms with Gasteiger partial charge in [0.1, 0.15) is 6.54 Å². The predicted molar refractivity (Wildman–Crippen MR) is 104 cm³/mol. The molecule has 0 radical (unpaired) electrons. The second-order valence-corrected chi connectivity index (χ2v) is 8.43. The Morgan fingerprint density at radius 3 is 2.03 bits per heavy atom. The van der Waals surface area contributed by atoms with E-state index in [4.69, 9.17) is 4.84 Å². The van der Waals surface area contributed by atoms with Crippen molar-refractivity contribution in [3.8, 4) is 0 Å². The maximum atomic E-state index is 12.6. The largest absolute Gasteiger partial charge is 0.348 e. The Kier molecular flexibility index (Phi) is 5.67. The summed E-state index contributed by atoms with van der Waals surface area (Å²) in [6, 6.07) is 11.3. The maximum absolute atomic E-state index is 12.6. The third-order valence-corrected chi connectivity index (χ3v) is 6.00. The highest BCUT2D eigenvalue weighted by Crippen LogP contribution is 2.23. The summed E-state index contributed by atoms with van der Waals surface area (Å²) >= 11 is 0. The number of carbonyl (C=O) groups excluding carboxylic acids is 4. The summed E-state index contributed by atoms with van der Waals surface area (Å²) in [5.74, 6) is -3.02. The average molecular weight is 431 g/mol. The number of fused-ring (bicyclic) bond motifs is 1. The fourth-order valence-electron chi connectivity index (χ4n) is 2.74. The third kappa shape index (κ3) is 4.07. The second-order valence-electron chi connectivity index (χ2n) is 6.38. The first-order chi connectivity index (χ1) is 14.1. The van der Waals surface area contributed by atoms with Gasteiger partial charge in [-0.25, -0.2) is 13.2 Å². The first kappa shape index (κ1) is 21.1. The number of nitrogens with one attached hydrogen (secondary N) is 1. The van der Waals surface area contributed by atoms with E-state index in [0.29, 0.717) is 10.8 Å². The van der Waals surface area contributed by atoms with Crippen molar-refractivity contribution >= 4 is 39.4 Å². The first-order valence-electron chi connectivity index (χ1n) is 8.64. The lowest BCUT2D eigenvalue weighted by molar-refractivity contribution is -0.168. The van der Waals surface area contributed by atoms with Gasteiger partial charge < -0.3 is 10.2 Å². The van der Waals surface area contributed by atoms with E-state index >= 15 is 0 Å². The van der Waals surface area contributed by atoms with Crippen LogP contribution in [0.3, 0.4) is 0 Å². The molecule has 0 spiro atoms. The second kappa shape index (κ2) is 8.05. The van der Waals surface area contributed by atoms with Gasteiger partial charge in [-0.15, -0.1) is 0 Å². The molecule has 0 unspecified atom stereocenters. The van der Waals surface area contributed by atoms with E-state index in [0.717, 1.165) is 11.4 Å². The lowest BCUT2D eigenvalue weighted by atomic mass is 10.1. The normalized spacial score (nSPS) is 13.4. The average Bonchev–Trinajstić information content (AvgIpc) is 2.93. The van der Waals surface area contributed by atoms with Gasteiger partial charge in [0.25, 0.3) is 11.8 Å². The van der Waals surface area contributed by atoms with E-state index in [1.807, 2.05) is 0 Å². The van der Waals surface area contributed by atoms with Gasteiger partial charge in [0.2, 0.25) is 15.9 Å². The molecule has 0 fully saturated rings. The van der Waals surface area contributed by atoms with Crippen LogP contribution in [-0.2, 0) is 24.4 Å². The number of likely N-dealkylation sites (N-methyl/N-ethyl adjacent to an activating group) is 1.